The molecule has 2 aromatic rings. The van der Waals surface area contributed by atoms with Crippen molar-refractivity contribution < 1.29 is 17.9 Å². The van der Waals surface area contributed by atoms with Crippen molar-refractivity contribution in [3.8, 4) is 16.9 Å². The first kappa shape index (κ1) is 15.0. The molecule has 1 nitrogen and oxygen atoms in total. The Kier molecular flexibility index (Phi) is 4.16. The lowest BCUT2D eigenvalue weighted by atomic mass is 10.0. The first-order valence-electron chi connectivity index (χ1n) is 5.53. The van der Waals surface area contributed by atoms with E-state index in [0.29, 0.717) is 21.2 Å². The van der Waals surface area contributed by atoms with E-state index in [2.05, 4.69) is 0 Å². The van der Waals surface area contributed by atoms with Crippen LogP contribution in [0.1, 0.15) is 5.56 Å². The number of hydrogen-bond acceptors (Lipinski definition) is 1. The lowest BCUT2D eigenvalue weighted by Gasteiger charge is -2.13. The molecular formula is C14H9Cl2F3O. The van der Waals surface area contributed by atoms with Gasteiger partial charge in [0.05, 0.1) is 22.7 Å². The third-order valence-electron chi connectivity index (χ3n) is 2.76. The molecule has 0 amide bonds. The summed E-state index contributed by atoms with van der Waals surface area (Å²) in [5.74, 6) is -0.235. The van der Waals surface area contributed by atoms with Gasteiger partial charge in [-0.05, 0) is 35.4 Å². The second kappa shape index (κ2) is 5.54. The fraction of sp³-hybridized carbons (Fsp3) is 0.143. The second-order valence-corrected chi connectivity index (χ2v) is 4.86. The van der Waals surface area contributed by atoms with Crippen molar-refractivity contribution in [3.05, 3.63) is 52.0 Å². The maximum absolute atomic E-state index is 12.8. The molecule has 0 aromatic heterocycles. The molecule has 2 rings (SSSR count). The molecule has 6 heteroatoms. The maximum Gasteiger partial charge on any atom is 0.419 e. The summed E-state index contributed by atoms with van der Waals surface area (Å²) in [7, 11) is 1.20. The molecule has 0 saturated carbocycles. The Balaban J connectivity index is 2.51. The van der Waals surface area contributed by atoms with E-state index in [1.807, 2.05) is 0 Å². The second-order valence-electron chi connectivity index (χ2n) is 4.04. The quantitative estimate of drug-likeness (QED) is 0.690. The largest absolute Gasteiger partial charge is 0.496 e. The summed E-state index contributed by atoms with van der Waals surface area (Å²) < 4.78 is 43.1. The predicted octanol–water partition coefficient (Wildman–Crippen LogP) is 5.69. The minimum absolute atomic E-state index is 0.235. The molecule has 20 heavy (non-hydrogen) atoms. The molecule has 0 aliphatic rings. The minimum Gasteiger partial charge on any atom is -0.496 e. The smallest absolute Gasteiger partial charge is 0.419 e. The third kappa shape index (κ3) is 3.02. The summed E-state index contributed by atoms with van der Waals surface area (Å²) in [6.07, 6.45) is -4.46. The Morgan fingerprint density at radius 2 is 1.50 bits per heavy atom. The summed E-state index contributed by atoms with van der Waals surface area (Å²) in [4.78, 5) is 0. The molecule has 0 fully saturated rings. The van der Waals surface area contributed by atoms with Crippen LogP contribution in [0, 0.1) is 0 Å². The lowest BCUT2D eigenvalue weighted by Crippen LogP contribution is -2.07. The molecule has 106 valence electrons. The van der Waals surface area contributed by atoms with Gasteiger partial charge in [-0.25, -0.2) is 0 Å². The van der Waals surface area contributed by atoms with E-state index in [1.54, 1.807) is 18.2 Å². The van der Waals surface area contributed by atoms with Crippen LogP contribution in [0.2, 0.25) is 10.0 Å². The first-order chi connectivity index (χ1) is 9.32. The molecular weight excluding hydrogens is 312 g/mol. The molecule has 0 heterocycles. The van der Waals surface area contributed by atoms with Gasteiger partial charge in [0.1, 0.15) is 5.75 Å². The van der Waals surface area contributed by atoms with E-state index >= 15 is 0 Å². The Labute approximate surface area is 123 Å². The number of alkyl halides is 3. The topological polar surface area (TPSA) is 9.23 Å². The van der Waals surface area contributed by atoms with Crippen LogP contribution in [0.5, 0.6) is 5.75 Å². The Morgan fingerprint density at radius 3 is 2.05 bits per heavy atom. The molecule has 0 atom stereocenters. The van der Waals surface area contributed by atoms with Crippen LogP contribution >= 0.6 is 23.2 Å². The van der Waals surface area contributed by atoms with E-state index < -0.39 is 11.7 Å². The van der Waals surface area contributed by atoms with Crippen molar-refractivity contribution >= 4 is 23.2 Å². The average Bonchev–Trinajstić information content (AvgIpc) is 2.40. The number of methoxy groups -OCH3 is 1. The van der Waals surface area contributed by atoms with Crippen molar-refractivity contribution in [1.29, 1.82) is 0 Å². The highest BCUT2D eigenvalue weighted by atomic mass is 35.5. The van der Waals surface area contributed by atoms with Gasteiger partial charge >= 0.3 is 6.18 Å². The normalized spacial score (nSPS) is 11.5. The number of hydrogen-bond donors (Lipinski definition) is 0. The number of halogens is 5. The van der Waals surface area contributed by atoms with Crippen LogP contribution < -0.4 is 4.74 Å². The van der Waals surface area contributed by atoms with E-state index in [-0.39, 0.29) is 5.75 Å². The van der Waals surface area contributed by atoms with Crippen molar-refractivity contribution in [1.82, 2.24) is 0 Å². The van der Waals surface area contributed by atoms with Gasteiger partial charge in [0.15, 0.2) is 0 Å². The monoisotopic (exact) mass is 320 g/mol. The molecule has 0 unspecified atom stereocenters. The summed E-state index contributed by atoms with van der Waals surface area (Å²) in [6, 6.07) is 8.52. The molecule has 0 aliphatic heterocycles. The molecule has 0 aliphatic carbocycles. The van der Waals surface area contributed by atoms with E-state index in [1.165, 1.54) is 19.2 Å². The van der Waals surface area contributed by atoms with Gasteiger partial charge in [0.25, 0.3) is 0 Å². The van der Waals surface area contributed by atoms with Gasteiger partial charge in [-0.2, -0.15) is 13.2 Å². The van der Waals surface area contributed by atoms with Gasteiger partial charge in [-0.1, -0.05) is 35.3 Å². The van der Waals surface area contributed by atoms with Crippen LogP contribution in [0.25, 0.3) is 11.1 Å². The molecule has 0 radical (unpaired) electrons. The highest BCUT2D eigenvalue weighted by Gasteiger charge is 2.34. The molecule has 0 bridgehead atoms. The van der Waals surface area contributed by atoms with Crippen LogP contribution in [-0.2, 0) is 6.18 Å². The SMILES string of the molecule is COc1cc(-c2ccc(Cl)c(Cl)c2)ccc1C(F)(F)F. The number of benzene rings is 2. The number of rotatable bonds is 2. The Hall–Kier alpha value is -1.39. The van der Waals surface area contributed by atoms with E-state index in [0.717, 1.165) is 6.07 Å². The van der Waals surface area contributed by atoms with Crippen molar-refractivity contribution in [2.24, 2.45) is 0 Å². The van der Waals surface area contributed by atoms with Crippen LogP contribution in [0.4, 0.5) is 13.2 Å². The van der Waals surface area contributed by atoms with Gasteiger partial charge in [0.2, 0.25) is 0 Å². The van der Waals surface area contributed by atoms with E-state index in [9.17, 15) is 13.2 Å². The average molecular weight is 321 g/mol. The molecule has 2 aromatic carbocycles. The zero-order chi connectivity index (χ0) is 14.9. The summed E-state index contributed by atoms with van der Waals surface area (Å²) in [5, 5.41) is 0.720. The van der Waals surface area contributed by atoms with Crippen LogP contribution in [0.3, 0.4) is 0 Å². The zero-order valence-corrected chi connectivity index (χ0v) is 11.8. The fourth-order valence-corrected chi connectivity index (χ4v) is 2.08. The minimum atomic E-state index is -4.46. The van der Waals surface area contributed by atoms with Crippen molar-refractivity contribution in [2.75, 3.05) is 7.11 Å². The van der Waals surface area contributed by atoms with Gasteiger partial charge in [0, 0.05) is 0 Å². The van der Waals surface area contributed by atoms with Crippen LogP contribution in [-0.4, -0.2) is 7.11 Å². The predicted molar refractivity (Wildman–Crippen MR) is 73.5 cm³/mol. The number of ether oxygens (including phenoxy) is 1. The summed E-state index contributed by atoms with van der Waals surface area (Å²) >= 11 is 11.7. The lowest BCUT2D eigenvalue weighted by molar-refractivity contribution is -0.138. The third-order valence-corrected chi connectivity index (χ3v) is 3.50. The van der Waals surface area contributed by atoms with E-state index in [4.69, 9.17) is 27.9 Å². The van der Waals surface area contributed by atoms with Crippen molar-refractivity contribution in [2.45, 2.75) is 6.18 Å². The van der Waals surface area contributed by atoms with Gasteiger partial charge in [-0.3, -0.25) is 0 Å². The highest BCUT2D eigenvalue weighted by Crippen LogP contribution is 2.39. The zero-order valence-electron chi connectivity index (χ0n) is 10.3. The van der Waals surface area contributed by atoms with Gasteiger partial charge in [-0.15, -0.1) is 0 Å². The van der Waals surface area contributed by atoms with Gasteiger partial charge < -0.3 is 4.74 Å². The highest BCUT2D eigenvalue weighted by molar-refractivity contribution is 6.42. The summed E-state index contributed by atoms with van der Waals surface area (Å²) in [6.45, 7) is 0. The fourth-order valence-electron chi connectivity index (χ4n) is 1.78. The Bertz CT molecular complexity index is 639. The molecule has 0 saturated heterocycles. The molecule has 0 N–H and O–H groups in total. The van der Waals surface area contributed by atoms with Crippen LogP contribution in [0.15, 0.2) is 36.4 Å². The standard InChI is InChI=1S/C14H9Cl2F3O/c1-20-13-7-9(2-4-10(13)14(17,18)19)8-3-5-11(15)12(16)6-8/h2-7H,1H3. The Morgan fingerprint density at radius 1 is 0.900 bits per heavy atom. The summed E-state index contributed by atoms with van der Waals surface area (Å²) in [5.41, 5.74) is 0.406. The van der Waals surface area contributed by atoms with Crippen molar-refractivity contribution in [3.63, 3.8) is 0 Å². The maximum atomic E-state index is 12.8. The molecule has 0 spiro atoms. The first-order valence-corrected chi connectivity index (χ1v) is 6.29.